The number of fused-ring (bicyclic) bond motifs is 3. The summed E-state index contributed by atoms with van der Waals surface area (Å²) in [6, 6.07) is 17.9. The number of guanidine groups is 1. The van der Waals surface area contributed by atoms with E-state index in [2.05, 4.69) is 52.8 Å². The maximum absolute atomic E-state index is 14.9. The van der Waals surface area contributed by atoms with E-state index in [1.807, 2.05) is 55.5 Å². The van der Waals surface area contributed by atoms with E-state index in [9.17, 15) is 83.4 Å². The second-order valence-corrected chi connectivity index (χ2v) is 29.1. The lowest BCUT2D eigenvalue weighted by Crippen LogP contribution is -2.71. The fourth-order valence-electron chi connectivity index (χ4n) is 12.3. The lowest BCUT2D eigenvalue weighted by atomic mass is 9.94. The van der Waals surface area contributed by atoms with Crippen molar-refractivity contribution in [3.63, 3.8) is 0 Å². The van der Waals surface area contributed by atoms with Crippen LogP contribution in [0.25, 0.3) is 11.1 Å². The molecule has 38 heteroatoms. The molecule has 0 bridgehead atoms. The van der Waals surface area contributed by atoms with E-state index in [0.717, 1.165) is 41.9 Å². The zero-order chi connectivity index (χ0) is 78.3. The molecule has 4 aromatic rings. The first kappa shape index (κ1) is 84.4. The van der Waals surface area contributed by atoms with Gasteiger partial charge in [-0.15, -0.1) is 11.8 Å². The predicted octanol–water partition coefficient (Wildman–Crippen LogP) is -3.06. The standard InChI is InChI=1S/C70H91N13O22S3/c1-5-107-108-52-24-14-13-23-49(52)103-67(99)46(26-38-16-7-6-8-17-38)78-54(90)28-74-62(95)47(29-84)81-63(96)44(22-15-25-73-69(71)72)79-64(97)45(27-53(89)82-66-55(76-36(3)87)59(93)60(51(31-86)102-66)105-68-56(77-37(4)88)58(92)57(91)50(30-85)104-68)80-61(94)35(2)75-65(98)48-33-106-34-83(48)70(100)101-32-43-41-20-11-9-18-39(41)40-19-10-12-21-42(40)43/h6-14,16-21,23-24,35,43-48,50-51,55-60,66,68,84-86,91-93H,5,15,22,25-34H2,1-4H3,(H,74,95)(H,75,98)(H,76,87)(H,77,88)(H,78,90)(H,79,97)(H,80,94)(H,81,96)(H,82,89)(H4,71,72,73)/t35-,44-,45-,46-,47-,48-,50+,51+,55+,56+,57+,58+,59+,60+,66+,68-/m0/s1. The maximum Gasteiger partial charge on any atom is 0.411 e. The zero-order valence-electron chi connectivity index (χ0n) is 59.3. The molecule has 3 aliphatic heterocycles. The molecule has 0 unspecified atom stereocenters. The van der Waals surface area contributed by atoms with Gasteiger partial charge in [-0.25, -0.2) is 9.59 Å². The van der Waals surface area contributed by atoms with Crippen molar-refractivity contribution in [3.05, 3.63) is 120 Å². The van der Waals surface area contributed by atoms with E-state index >= 15 is 0 Å². The number of hydrogen-bond donors (Lipinski definition) is 17. The third-order valence-electron chi connectivity index (χ3n) is 17.7. The number of aliphatic hydroxyl groups excluding tert-OH is 6. The highest BCUT2D eigenvalue weighted by molar-refractivity contribution is 8.76. The molecule has 8 rings (SSSR count). The van der Waals surface area contributed by atoms with Gasteiger partial charge in [0.25, 0.3) is 0 Å². The van der Waals surface area contributed by atoms with Crippen LogP contribution in [0, 0.1) is 0 Å². The topological polar surface area (TPSA) is 531 Å². The van der Waals surface area contributed by atoms with E-state index in [4.69, 9.17) is 35.2 Å². The molecule has 0 spiro atoms. The second-order valence-electron chi connectivity index (χ2n) is 25.5. The third-order valence-corrected chi connectivity index (χ3v) is 21.2. The molecule has 1 aliphatic carbocycles. The fourth-order valence-corrected chi connectivity index (χ4v) is 15.2. The van der Waals surface area contributed by atoms with Crippen molar-refractivity contribution in [2.24, 2.45) is 16.5 Å². The minimum atomic E-state index is -2.07. The highest BCUT2D eigenvalue weighted by Crippen LogP contribution is 2.45. The van der Waals surface area contributed by atoms with Crippen LogP contribution in [0.4, 0.5) is 4.79 Å². The summed E-state index contributed by atoms with van der Waals surface area (Å²) in [7, 11) is 2.91. The van der Waals surface area contributed by atoms with Crippen LogP contribution in [0.3, 0.4) is 0 Å². The van der Waals surface area contributed by atoms with Crippen molar-refractivity contribution in [1.82, 2.24) is 52.8 Å². The second kappa shape index (κ2) is 40.8. The third kappa shape index (κ3) is 22.9. The molecule has 16 atom stereocenters. The average Bonchev–Trinajstić information content (AvgIpc) is 1.52. The molecule has 586 valence electrons. The molecule has 3 saturated heterocycles. The predicted molar refractivity (Wildman–Crippen MR) is 392 cm³/mol. The normalized spacial score (nSPS) is 22.8. The van der Waals surface area contributed by atoms with Crippen LogP contribution < -0.4 is 64.1 Å². The SMILES string of the molecule is CCSSc1ccccc1OC(=O)[C@H](Cc1ccccc1)NC(=O)CNC(=O)[C@H](CO)NC(=O)[C@H](CCCN=C(N)N)NC(=O)[C@H](CC(=O)N[C@@H]1O[C@H](CO)[C@@H](O[C@@H]2O[C@H](CO)[C@@H](O)[C@H](O)[C@H]2NC(C)=O)[C@H](O)[C@H]1NC(C)=O)NC(=O)[C@H](C)NC(=O)[C@@H]1CSCN1C(=O)OCC1c2ccccc2-c2ccccc21. The summed E-state index contributed by atoms with van der Waals surface area (Å²) in [4.78, 5) is 158. The van der Waals surface area contributed by atoms with Crippen LogP contribution in [0.2, 0.25) is 0 Å². The number of carbonyl (C=O) groups is 11. The molecule has 0 aromatic heterocycles. The summed E-state index contributed by atoms with van der Waals surface area (Å²) in [5.41, 5.74) is 15.7. The van der Waals surface area contributed by atoms with Gasteiger partial charge in [0.2, 0.25) is 53.2 Å². The van der Waals surface area contributed by atoms with E-state index in [1.165, 1.54) is 45.2 Å². The number of nitrogens with one attached hydrogen (secondary N) is 9. The molecule has 19 N–H and O–H groups in total. The monoisotopic (exact) mass is 1560 g/mol. The molecule has 3 fully saturated rings. The van der Waals surface area contributed by atoms with Gasteiger partial charge in [-0.3, -0.25) is 53.0 Å². The number of amides is 10. The van der Waals surface area contributed by atoms with Gasteiger partial charge in [-0.05, 0) is 59.7 Å². The Morgan fingerprint density at radius 2 is 1.30 bits per heavy atom. The van der Waals surface area contributed by atoms with Gasteiger partial charge in [0, 0.05) is 44.2 Å². The minimum Gasteiger partial charge on any atom is -0.448 e. The number of rotatable bonds is 35. The molecule has 10 amide bonds. The van der Waals surface area contributed by atoms with Crippen molar-refractivity contribution < 1.29 is 107 Å². The Kier molecular flexibility index (Phi) is 31.9. The molecule has 4 aliphatic rings. The first-order chi connectivity index (χ1) is 51.7. The van der Waals surface area contributed by atoms with Crippen molar-refractivity contribution in [3.8, 4) is 16.9 Å². The Morgan fingerprint density at radius 3 is 1.94 bits per heavy atom. The quantitative estimate of drug-likeness (QED) is 0.00543. The van der Waals surface area contributed by atoms with Gasteiger partial charge in [-0.2, -0.15) is 0 Å². The lowest BCUT2D eigenvalue weighted by molar-refractivity contribution is -0.315. The van der Waals surface area contributed by atoms with Crippen molar-refractivity contribution in [2.45, 2.75) is 162 Å². The van der Waals surface area contributed by atoms with Gasteiger partial charge in [0.05, 0.1) is 43.6 Å². The number of nitrogens with two attached hydrogens (primary N) is 2. The van der Waals surface area contributed by atoms with Crippen LogP contribution in [0.5, 0.6) is 5.75 Å². The minimum absolute atomic E-state index is 0.0309. The van der Waals surface area contributed by atoms with Crippen LogP contribution in [-0.2, 0) is 73.3 Å². The number of aliphatic imine (C=N–C) groups is 1. The van der Waals surface area contributed by atoms with Crippen molar-refractivity contribution in [2.75, 3.05) is 56.9 Å². The van der Waals surface area contributed by atoms with Gasteiger partial charge < -0.3 is 114 Å². The summed E-state index contributed by atoms with van der Waals surface area (Å²) in [5, 5.41) is 86.6. The van der Waals surface area contributed by atoms with Crippen LogP contribution in [-0.4, -0.2) is 261 Å². The molecule has 3 heterocycles. The number of benzene rings is 4. The van der Waals surface area contributed by atoms with Gasteiger partial charge in [0.15, 0.2) is 18.5 Å². The van der Waals surface area contributed by atoms with Gasteiger partial charge in [0.1, 0.15) is 97.3 Å². The molecule has 0 saturated carbocycles. The van der Waals surface area contributed by atoms with E-state index < -0.39 is 195 Å². The Balaban J connectivity index is 0.994. The number of para-hydroxylation sites is 1. The molecular formula is C70H91N13O22S3. The summed E-state index contributed by atoms with van der Waals surface area (Å²) in [6.45, 7) is 1.29. The number of ether oxygens (including phenoxy) is 5. The molecule has 0 radical (unpaired) electrons. The Morgan fingerprint density at radius 1 is 0.676 bits per heavy atom. The van der Waals surface area contributed by atoms with E-state index in [0.29, 0.717) is 10.5 Å². The smallest absolute Gasteiger partial charge is 0.411 e. The number of thioether (sulfide) groups is 1. The summed E-state index contributed by atoms with van der Waals surface area (Å²) in [5.74, 6) is -9.56. The highest BCUT2D eigenvalue weighted by Gasteiger charge is 2.52. The maximum atomic E-state index is 14.9. The Bertz CT molecular complexity index is 3810. The lowest BCUT2D eigenvalue weighted by Gasteiger charge is -2.48. The molecule has 4 aromatic carbocycles. The summed E-state index contributed by atoms with van der Waals surface area (Å²) < 4.78 is 29.4. The largest absolute Gasteiger partial charge is 0.448 e. The number of aliphatic hydroxyl groups is 6. The Hall–Kier alpha value is -9.19. The number of esters is 1. The zero-order valence-corrected chi connectivity index (χ0v) is 61.8. The van der Waals surface area contributed by atoms with Crippen LogP contribution in [0.15, 0.2) is 113 Å². The van der Waals surface area contributed by atoms with E-state index in [1.54, 1.807) is 54.6 Å². The van der Waals surface area contributed by atoms with Crippen LogP contribution in [0.1, 0.15) is 69.6 Å². The fraction of sp³-hybridized carbons (Fsp3) is 0.486. The molecule has 108 heavy (non-hydrogen) atoms. The first-order valence-corrected chi connectivity index (χ1v) is 38.1. The van der Waals surface area contributed by atoms with Crippen molar-refractivity contribution >= 4 is 105 Å². The van der Waals surface area contributed by atoms with Crippen LogP contribution >= 0.6 is 33.3 Å². The number of hydrogen-bond acceptors (Lipinski definition) is 26. The highest BCUT2D eigenvalue weighted by atomic mass is 33.1. The number of carbonyl (C=O) groups excluding carboxylic acids is 11. The van der Waals surface area contributed by atoms with Gasteiger partial charge >= 0.3 is 12.1 Å². The Labute approximate surface area is 633 Å². The molecule has 35 nitrogen and oxygen atoms in total. The summed E-state index contributed by atoms with van der Waals surface area (Å²) in [6.07, 6.45) is -16.6. The average molecular weight is 1560 g/mol. The molecular weight excluding hydrogens is 1470 g/mol. The summed E-state index contributed by atoms with van der Waals surface area (Å²) >= 11 is 1.23. The van der Waals surface area contributed by atoms with Crippen molar-refractivity contribution in [1.29, 1.82) is 0 Å². The number of nitrogens with zero attached hydrogens (tertiary/aromatic N) is 2. The first-order valence-electron chi connectivity index (χ1n) is 34.6. The van der Waals surface area contributed by atoms with E-state index in [-0.39, 0.29) is 61.7 Å². The van der Waals surface area contributed by atoms with Gasteiger partial charge in [-0.1, -0.05) is 120 Å².